The van der Waals surface area contributed by atoms with Gasteiger partial charge in [0.05, 0.1) is 6.04 Å². The number of piperidine rings is 2. The second kappa shape index (κ2) is 6.02. The summed E-state index contributed by atoms with van der Waals surface area (Å²) < 4.78 is 0. The summed E-state index contributed by atoms with van der Waals surface area (Å²) in [5.41, 5.74) is 0.289. The van der Waals surface area contributed by atoms with E-state index in [0.29, 0.717) is 0 Å². The summed E-state index contributed by atoms with van der Waals surface area (Å²) in [4.78, 5) is 14.4. The van der Waals surface area contributed by atoms with Crippen LogP contribution in [-0.4, -0.2) is 50.1 Å². The monoisotopic (exact) mass is 253 g/mol. The van der Waals surface area contributed by atoms with Crippen LogP contribution in [0.25, 0.3) is 0 Å². The van der Waals surface area contributed by atoms with Gasteiger partial charge in [0.2, 0.25) is 5.91 Å². The lowest BCUT2D eigenvalue weighted by atomic mass is 9.80. The Hall–Kier alpha value is -0.610. The Morgan fingerprint density at radius 3 is 2.72 bits per heavy atom. The zero-order chi connectivity index (χ0) is 13.0. The third-order valence-corrected chi connectivity index (χ3v) is 4.51. The first-order chi connectivity index (χ1) is 8.59. The van der Waals surface area contributed by atoms with E-state index in [2.05, 4.69) is 29.5 Å². The molecule has 2 fully saturated rings. The van der Waals surface area contributed by atoms with Gasteiger partial charge in [0.1, 0.15) is 0 Å². The molecule has 2 heterocycles. The van der Waals surface area contributed by atoms with Crippen LogP contribution in [0.2, 0.25) is 0 Å². The number of carbonyl (C=O) groups is 1. The summed E-state index contributed by atoms with van der Waals surface area (Å²) in [7, 11) is 2.17. The van der Waals surface area contributed by atoms with Crippen LogP contribution < -0.4 is 10.6 Å². The molecule has 2 rings (SSSR count). The first-order valence-corrected chi connectivity index (χ1v) is 7.29. The normalized spacial score (nSPS) is 28.9. The lowest BCUT2D eigenvalue weighted by Gasteiger charge is -2.38. The van der Waals surface area contributed by atoms with Gasteiger partial charge in [-0.3, -0.25) is 4.79 Å². The molecule has 2 aliphatic rings. The van der Waals surface area contributed by atoms with Gasteiger partial charge in [-0.25, -0.2) is 0 Å². The lowest BCUT2D eigenvalue weighted by Crippen LogP contribution is -2.50. The smallest absolute Gasteiger partial charge is 0.237 e. The molecular weight excluding hydrogens is 226 g/mol. The molecule has 0 aromatic rings. The lowest BCUT2D eigenvalue weighted by molar-refractivity contribution is -0.124. The number of hydrogen-bond acceptors (Lipinski definition) is 3. The number of amides is 1. The molecule has 0 saturated carbocycles. The van der Waals surface area contributed by atoms with Crippen LogP contribution in [0.5, 0.6) is 0 Å². The molecule has 2 saturated heterocycles. The predicted molar refractivity (Wildman–Crippen MR) is 73.5 cm³/mol. The largest absolute Gasteiger partial charge is 0.354 e. The highest BCUT2D eigenvalue weighted by Gasteiger charge is 2.30. The molecule has 1 atom stereocenters. The highest BCUT2D eigenvalue weighted by molar-refractivity contribution is 5.81. The Morgan fingerprint density at radius 2 is 2.11 bits per heavy atom. The quantitative estimate of drug-likeness (QED) is 0.788. The molecule has 1 amide bonds. The van der Waals surface area contributed by atoms with E-state index in [9.17, 15) is 4.79 Å². The summed E-state index contributed by atoms with van der Waals surface area (Å²) in [6.07, 6.45) is 5.73. The molecule has 104 valence electrons. The zero-order valence-electron chi connectivity index (χ0n) is 11.8. The second-order valence-electron chi connectivity index (χ2n) is 6.33. The standard InChI is InChI=1S/C14H27N3O/c1-14(6-9-17(2)10-7-14)11-16-13(18)12-5-3-4-8-15-12/h12,15H,3-11H2,1-2H3,(H,16,18)/t12-/m1/s1. The van der Waals surface area contributed by atoms with Gasteiger partial charge in [0, 0.05) is 6.54 Å². The number of hydrogen-bond donors (Lipinski definition) is 2. The van der Waals surface area contributed by atoms with Gasteiger partial charge in [-0.2, -0.15) is 0 Å². The summed E-state index contributed by atoms with van der Waals surface area (Å²) in [6.45, 7) is 6.41. The van der Waals surface area contributed by atoms with E-state index >= 15 is 0 Å². The molecule has 4 nitrogen and oxygen atoms in total. The van der Waals surface area contributed by atoms with Crippen LogP contribution in [0.3, 0.4) is 0 Å². The Labute approximate surface area is 110 Å². The van der Waals surface area contributed by atoms with Crippen LogP contribution in [0.1, 0.15) is 39.0 Å². The van der Waals surface area contributed by atoms with E-state index in [-0.39, 0.29) is 17.4 Å². The van der Waals surface area contributed by atoms with Crippen molar-refractivity contribution in [3.8, 4) is 0 Å². The fraction of sp³-hybridized carbons (Fsp3) is 0.929. The van der Waals surface area contributed by atoms with Crippen molar-refractivity contribution in [3.05, 3.63) is 0 Å². The minimum atomic E-state index is 0.0496. The molecule has 0 radical (unpaired) electrons. The van der Waals surface area contributed by atoms with Gasteiger partial charge in [0.25, 0.3) is 0 Å². The summed E-state index contributed by atoms with van der Waals surface area (Å²) in [5, 5.41) is 6.46. The highest BCUT2D eigenvalue weighted by Crippen LogP contribution is 2.29. The van der Waals surface area contributed by atoms with E-state index in [1.807, 2.05) is 0 Å². The van der Waals surface area contributed by atoms with Crippen molar-refractivity contribution < 1.29 is 4.79 Å². The molecule has 0 unspecified atom stereocenters. The molecule has 2 N–H and O–H groups in total. The first-order valence-electron chi connectivity index (χ1n) is 7.29. The minimum Gasteiger partial charge on any atom is -0.354 e. The van der Waals surface area contributed by atoms with Crippen LogP contribution in [0.15, 0.2) is 0 Å². The maximum absolute atomic E-state index is 12.1. The van der Waals surface area contributed by atoms with E-state index in [0.717, 1.165) is 32.6 Å². The Morgan fingerprint density at radius 1 is 1.39 bits per heavy atom. The zero-order valence-corrected chi connectivity index (χ0v) is 11.8. The van der Waals surface area contributed by atoms with Crippen molar-refractivity contribution in [2.75, 3.05) is 33.2 Å². The topological polar surface area (TPSA) is 44.4 Å². The van der Waals surface area contributed by atoms with Crippen molar-refractivity contribution in [2.45, 2.75) is 45.1 Å². The van der Waals surface area contributed by atoms with Gasteiger partial charge < -0.3 is 15.5 Å². The summed E-state index contributed by atoms with van der Waals surface area (Å²) in [5.74, 6) is 0.204. The molecular formula is C14H27N3O. The Kier molecular flexibility index (Phi) is 4.62. The summed E-state index contributed by atoms with van der Waals surface area (Å²) >= 11 is 0. The average molecular weight is 253 g/mol. The molecule has 0 spiro atoms. The SMILES string of the molecule is CN1CCC(C)(CNC(=O)[C@H]2CCCCN2)CC1. The fourth-order valence-electron chi connectivity index (χ4n) is 2.83. The van der Waals surface area contributed by atoms with Crippen molar-refractivity contribution >= 4 is 5.91 Å². The van der Waals surface area contributed by atoms with E-state index in [4.69, 9.17) is 0 Å². The van der Waals surface area contributed by atoms with E-state index in [1.165, 1.54) is 25.7 Å². The molecule has 0 aliphatic carbocycles. The maximum Gasteiger partial charge on any atom is 0.237 e. The molecule has 2 aliphatic heterocycles. The molecule has 0 aromatic carbocycles. The number of likely N-dealkylation sites (tertiary alicyclic amines) is 1. The Bertz CT molecular complexity index is 279. The van der Waals surface area contributed by atoms with Crippen LogP contribution in [0, 0.1) is 5.41 Å². The minimum absolute atomic E-state index is 0.0496. The van der Waals surface area contributed by atoms with Gasteiger partial charge in [-0.05, 0) is 57.8 Å². The van der Waals surface area contributed by atoms with Crippen molar-refractivity contribution in [2.24, 2.45) is 5.41 Å². The van der Waals surface area contributed by atoms with Crippen molar-refractivity contribution in [1.82, 2.24) is 15.5 Å². The number of nitrogens with one attached hydrogen (secondary N) is 2. The highest BCUT2D eigenvalue weighted by atomic mass is 16.2. The summed E-state index contributed by atoms with van der Waals surface area (Å²) in [6, 6.07) is 0.0496. The predicted octanol–water partition coefficient (Wildman–Crippen LogP) is 0.977. The second-order valence-corrected chi connectivity index (χ2v) is 6.33. The average Bonchev–Trinajstić information content (AvgIpc) is 2.41. The first kappa shape index (κ1) is 13.8. The number of carbonyl (C=O) groups excluding carboxylic acids is 1. The van der Waals surface area contributed by atoms with Gasteiger partial charge >= 0.3 is 0 Å². The van der Waals surface area contributed by atoms with Gasteiger partial charge in [0.15, 0.2) is 0 Å². The van der Waals surface area contributed by atoms with E-state index in [1.54, 1.807) is 0 Å². The van der Waals surface area contributed by atoms with Gasteiger partial charge in [-0.15, -0.1) is 0 Å². The molecule has 18 heavy (non-hydrogen) atoms. The van der Waals surface area contributed by atoms with E-state index < -0.39 is 0 Å². The third-order valence-electron chi connectivity index (χ3n) is 4.51. The molecule has 0 aromatic heterocycles. The fourth-order valence-corrected chi connectivity index (χ4v) is 2.83. The molecule has 0 bridgehead atoms. The van der Waals surface area contributed by atoms with Crippen molar-refractivity contribution in [3.63, 3.8) is 0 Å². The maximum atomic E-state index is 12.1. The van der Waals surface area contributed by atoms with Crippen LogP contribution in [-0.2, 0) is 4.79 Å². The molecule has 4 heteroatoms. The van der Waals surface area contributed by atoms with Gasteiger partial charge in [-0.1, -0.05) is 13.3 Å². The van der Waals surface area contributed by atoms with Crippen LogP contribution in [0.4, 0.5) is 0 Å². The number of rotatable bonds is 3. The Balaban J connectivity index is 1.74. The number of nitrogens with zero attached hydrogens (tertiary/aromatic N) is 1. The van der Waals surface area contributed by atoms with Crippen LogP contribution >= 0.6 is 0 Å². The third kappa shape index (κ3) is 3.69. The van der Waals surface area contributed by atoms with Crippen molar-refractivity contribution in [1.29, 1.82) is 0 Å².